The number of ketones is 1. The first-order valence-electron chi connectivity index (χ1n) is 21.2. The van der Waals surface area contributed by atoms with Gasteiger partial charge in [-0.3, -0.25) is 32.5 Å². The van der Waals surface area contributed by atoms with Gasteiger partial charge >= 0.3 is 29.4 Å². The molecular formula is C36H62F2N7O17P3S. The van der Waals surface area contributed by atoms with Crippen LogP contribution < -0.4 is 16.4 Å². The maximum Gasteiger partial charge on any atom is 0.481 e. The van der Waals surface area contributed by atoms with E-state index in [2.05, 4.69) is 41.3 Å². The second-order valence-corrected chi connectivity index (χ2v) is 21.5. The van der Waals surface area contributed by atoms with Gasteiger partial charge in [0.15, 0.2) is 17.7 Å². The van der Waals surface area contributed by atoms with Gasteiger partial charge in [-0.1, -0.05) is 78.6 Å². The number of hydrogen-bond acceptors (Lipinski definition) is 18. The summed E-state index contributed by atoms with van der Waals surface area (Å²) in [5.74, 6) is -6.44. The molecule has 10 N–H and O–H groups in total. The lowest BCUT2D eigenvalue weighted by Crippen LogP contribution is -2.46. The lowest BCUT2D eigenvalue weighted by Gasteiger charge is -2.30. The molecule has 1 aliphatic rings. The quantitative estimate of drug-likeness (QED) is 0.0364. The summed E-state index contributed by atoms with van der Waals surface area (Å²) < 4.78 is 90.9. The summed E-state index contributed by atoms with van der Waals surface area (Å²) in [6.45, 7) is 2.30. The number of nitrogens with one attached hydrogen (secondary N) is 2. The third-order valence-electron chi connectivity index (χ3n) is 10.1. The molecule has 0 spiro atoms. The minimum absolute atomic E-state index is 0.0173. The molecule has 3 rings (SSSR count). The van der Waals surface area contributed by atoms with Crippen LogP contribution >= 0.6 is 35.2 Å². The monoisotopic (exact) mass is 1030 g/mol. The summed E-state index contributed by atoms with van der Waals surface area (Å²) in [5, 5.41) is 26.3. The molecule has 2 aromatic rings. The zero-order valence-electron chi connectivity index (χ0n) is 36.8. The first-order valence-corrected chi connectivity index (χ1v) is 26.8. The van der Waals surface area contributed by atoms with Crippen molar-refractivity contribution in [2.24, 2.45) is 5.41 Å². The van der Waals surface area contributed by atoms with Gasteiger partial charge in [-0.2, -0.15) is 24.9 Å². The standard InChI is InChI=1S/C36H62F2N7O17P3S/c1-4-5-6-7-8-9-10-11-12-13-15-36(37,38)25(46)20-66-18-17-40-26(47)14-16-41-33(50)30(49)35(2,3)21-59-65(56,57)62-64(54,55)58-19-24-29(61-63(51,52)53)28(48)34(60-24)45-23-44-27-31(39)42-22-43-32(27)45/h22-24,28-30,34,48-49H,4-21H2,1-3H3,(H,40,47)(H,41,50)(H,54,55)(H,56,57)(H2,39,42,43)(H2,51,52,53)/t24-,28-,29-,30+,34-/m1/s1. The lowest BCUT2D eigenvalue weighted by atomic mass is 9.87. The minimum Gasteiger partial charge on any atom is -0.386 e. The highest BCUT2D eigenvalue weighted by atomic mass is 32.2. The Balaban J connectivity index is 1.36. The highest BCUT2D eigenvalue weighted by Gasteiger charge is 2.50. The fraction of sp³-hybridized carbons (Fsp3) is 0.778. The molecule has 7 atom stereocenters. The number of aliphatic hydroxyl groups is 2. The number of imidazole rings is 1. The fourth-order valence-electron chi connectivity index (χ4n) is 6.45. The number of amides is 2. The van der Waals surface area contributed by atoms with Crippen molar-refractivity contribution in [1.82, 2.24) is 30.2 Å². The van der Waals surface area contributed by atoms with Gasteiger partial charge in [-0.25, -0.2) is 28.6 Å². The Bertz CT molecular complexity index is 2040. The molecular weight excluding hydrogens is 965 g/mol. The number of thioether (sulfide) groups is 1. The van der Waals surface area contributed by atoms with Crippen LogP contribution in [0.5, 0.6) is 0 Å². The van der Waals surface area contributed by atoms with Crippen LogP contribution in [0.2, 0.25) is 0 Å². The number of carbonyl (C=O) groups is 3. The summed E-state index contributed by atoms with van der Waals surface area (Å²) >= 11 is 0.950. The number of rotatable bonds is 33. The number of nitrogens with zero attached hydrogens (tertiary/aromatic N) is 4. The number of phosphoric ester groups is 3. The van der Waals surface area contributed by atoms with E-state index in [0.29, 0.717) is 6.42 Å². The Hall–Kier alpha value is -2.58. The van der Waals surface area contributed by atoms with Gasteiger partial charge in [0, 0.05) is 37.1 Å². The molecule has 30 heteroatoms. The third-order valence-corrected chi connectivity index (χ3v) is 14.2. The number of nitrogens with two attached hydrogens (primary N) is 1. The van der Waals surface area contributed by atoms with Crippen LogP contribution in [0.25, 0.3) is 11.2 Å². The Labute approximate surface area is 384 Å². The number of unbranched alkanes of at least 4 members (excludes halogenated alkanes) is 9. The Morgan fingerprint density at radius 2 is 1.56 bits per heavy atom. The summed E-state index contributed by atoms with van der Waals surface area (Å²) in [4.78, 5) is 88.0. The van der Waals surface area contributed by atoms with E-state index in [9.17, 15) is 66.6 Å². The number of hydrogen-bond donors (Lipinski definition) is 9. The van der Waals surface area contributed by atoms with Crippen LogP contribution in [-0.2, 0) is 50.7 Å². The average molecular weight is 1030 g/mol. The van der Waals surface area contributed by atoms with Gasteiger partial charge < -0.3 is 50.9 Å². The zero-order chi connectivity index (χ0) is 49.3. The third kappa shape index (κ3) is 19.4. The van der Waals surface area contributed by atoms with E-state index < -0.39 is 108 Å². The van der Waals surface area contributed by atoms with Gasteiger partial charge in [0.05, 0.1) is 25.3 Å². The second kappa shape index (κ2) is 26.4. The van der Waals surface area contributed by atoms with Crippen molar-refractivity contribution in [3.8, 4) is 0 Å². The number of phosphoric acid groups is 3. The largest absolute Gasteiger partial charge is 0.481 e. The molecule has 1 aliphatic heterocycles. The molecule has 66 heavy (non-hydrogen) atoms. The van der Waals surface area contributed by atoms with Crippen LogP contribution in [0.4, 0.5) is 14.6 Å². The summed E-state index contributed by atoms with van der Waals surface area (Å²) in [6, 6.07) is 0. The number of ether oxygens (including phenoxy) is 1. The van der Waals surface area contributed by atoms with Gasteiger partial charge in [0.2, 0.25) is 17.6 Å². The molecule has 2 unspecified atom stereocenters. The minimum atomic E-state index is -5.60. The smallest absolute Gasteiger partial charge is 0.386 e. The molecule has 3 heterocycles. The van der Waals surface area contributed by atoms with Crippen LogP contribution in [0.3, 0.4) is 0 Å². The van der Waals surface area contributed by atoms with Crippen molar-refractivity contribution in [2.45, 2.75) is 134 Å². The number of fused-ring (bicyclic) bond motifs is 1. The van der Waals surface area contributed by atoms with Gasteiger partial charge in [0.25, 0.3) is 0 Å². The number of Topliss-reactive ketones (excluding diaryl/α,β-unsaturated/α-hetero) is 1. The van der Waals surface area contributed by atoms with E-state index in [1.807, 2.05) is 0 Å². The molecule has 2 amide bonds. The summed E-state index contributed by atoms with van der Waals surface area (Å²) in [6.07, 6.45) is 2.16. The molecule has 0 radical (unpaired) electrons. The zero-order valence-corrected chi connectivity index (χ0v) is 40.3. The molecule has 1 fully saturated rings. The van der Waals surface area contributed by atoms with Crippen molar-refractivity contribution in [3.05, 3.63) is 12.7 Å². The fourth-order valence-corrected chi connectivity index (χ4v) is 10.1. The van der Waals surface area contributed by atoms with Crippen LogP contribution in [-0.4, -0.2) is 135 Å². The average Bonchev–Trinajstić information content (AvgIpc) is 3.79. The normalized spacial score (nSPS) is 20.5. The molecule has 0 saturated carbocycles. The number of anilines is 1. The molecule has 0 bridgehead atoms. The predicted octanol–water partition coefficient (Wildman–Crippen LogP) is 3.65. The SMILES string of the molecule is CCCCCCCCCCCCC(F)(F)C(=O)CSCCNC(=O)CCNC(=O)[C@H](O)C(C)(C)COP(=O)(O)OP(=O)(O)OC[C@H]1O[C@@H](n2cnc3c(N)ncnc32)[C@H](O)[C@@H]1OP(=O)(O)O. The number of aliphatic hydroxyl groups excluding tert-OH is 2. The van der Waals surface area contributed by atoms with Crippen LogP contribution in [0, 0.1) is 5.41 Å². The lowest BCUT2D eigenvalue weighted by molar-refractivity contribution is -0.141. The van der Waals surface area contributed by atoms with Crippen molar-refractivity contribution >= 4 is 69.8 Å². The van der Waals surface area contributed by atoms with Gasteiger partial charge in [-0.15, -0.1) is 0 Å². The van der Waals surface area contributed by atoms with Crippen molar-refractivity contribution < 1.29 is 89.3 Å². The van der Waals surface area contributed by atoms with Gasteiger partial charge in [0.1, 0.15) is 36.3 Å². The maximum absolute atomic E-state index is 14.3. The summed E-state index contributed by atoms with van der Waals surface area (Å²) in [7, 11) is -16.5. The molecule has 1 saturated heterocycles. The van der Waals surface area contributed by atoms with Crippen molar-refractivity contribution in [2.75, 3.05) is 43.5 Å². The Morgan fingerprint density at radius 3 is 2.20 bits per heavy atom. The van der Waals surface area contributed by atoms with E-state index in [1.165, 1.54) is 39.5 Å². The number of aromatic nitrogens is 4. The Morgan fingerprint density at radius 1 is 0.939 bits per heavy atom. The first kappa shape index (κ1) is 57.7. The van der Waals surface area contributed by atoms with Crippen molar-refractivity contribution in [1.29, 1.82) is 0 Å². The van der Waals surface area contributed by atoms with Gasteiger partial charge in [-0.05, 0) is 6.42 Å². The number of halogens is 2. The van der Waals surface area contributed by atoms with Crippen LogP contribution in [0.1, 0.15) is 104 Å². The highest BCUT2D eigenvalue weighted by Crippen LogP contribution is 2.61. The van der Waals surface area contributed by atoms with E-state index in [4.69, 9.17) is 19.5 Å². The number of carbonyl (C=O) groups excluding carboxylic acids is 3. The topological polar surface area (TPSA) is 364 Å². The van der Waals surface area contributed by atoms with E-state index in [-0.39, 0.29) is 48.7 Å². The van der Waals surface area contributed by atoms with E-state index >= 15 is 0 Å². The predicted molar refractivity (Wildman–Crippen MR) is 233 cm³/mol. The molecule has 378 valence electrons. The highest BCUT2D eigenvalue weighted by molar-refractivity contribution is 7.99. The molecule has 0 aliphatic carbocycles. The Kier molecular flexibility index (Phi) is 23.1. The molecule has 2 aromatic heterocycles. The number of alkyl halides is 2. The van der Waals surface area contributed by atoms with E-state index in [1.54, 1.807) is 0 Å². The number of nitrogen functional groups attached to an aromatic ring is 1. The molecule has 24 nitrogen and oxygen atoms in total. The summed E-state index contributed by atoms with van der Waals surface area (Å²) in [5.41, 5.74) is 4.19. The maximum atomic E-state index is 14.3. The second-order valence-electron chi connectivity index (χ2n) is 16.2. The van der Waals surface area contributed by atoms with E-state index in [0.717, 1.165) is 54.7 Å². The van der Waals surface area contributed by atoms with Crippen molar-refractivity contribution in [3.63, 3.8) is 0 Å². The first-order chi connectivity index (χ1) is 30.8. The van der Waals surface area contributed by atoms with Crippen LogP contribution in [0.15, 0.2) is 12.7 Å². The molecule has 0 aromatic carbocycles.